The van der Waals surface area contributed by atoms with E-state index < -0.39 is 17.1 Å². The number of aromatic nitrogens is 2. The van der Waals surface area contributed by atoms with Crippen LogP contribution in [0.4, 0.5) is 10.5 Å². The van der Waals surface area contributed by atoms with Crippen molar-refractivity contribution in [2.75, 3.05) is 11.4 Å². The molecular formula is C18H28N4O4. The van der Waals surface area contributed by atoms with Crippen molar-refractivity contribution in [3.8, 4) is 0 Å². The van der Waals surface area contributed by atoms with E-state index >= 15 is 0 Å². The van der Waals surface area contributed by atoms with Gasteiger partial charge in [-0.25, -0.2) is 4.79 Å². The van der Waals surface area contributed by atoms with Gasteiger partial charge in [0.1, 0.15) is 11.7 Å². The largest absolute Gasteiger partial charge is 0.444 e. The second-order valence-corrected chi connectivity index (χ2v) is 8.93. The third kappa shape index (κ3) is 3.18. The molecule has 0 saturated carbocycles. The van der Waals surface area contributed by atoms with Gasteiger partial charge in [0, 0.05) is 12.0 Å². The molecule has 8 heteroatoms. The van der Waals surface area contributed by atoms with Gasteiger partial charge in [0.15, 0.2) is 0 Å². The number of aliphatic hydroxyl groups is 1. The van der Waals surface area contributed by atoms with Crippen LogP contribution in [0.2, 0.25) is 0 Å². The van der Waals surface area contributed by atoms with E-state index in [4.69, 9.17) is 4.74 Å². The predicted octanol–water partition coefficient (Wildman–Crippen LogP) is 1.76. The first-order valence-corrected chi connectivity index (χ1v) is 8.94. The number of rotatable bonds is 1. The monoisotopic (exact) mass is 364 g/mol. The number of carbonyl (C=O) groups is 2. The highest BCUT2D eigenvalue weighted by molar-refractivity contribution is 6.00. The molecule has 144 valence electrons. The fourth-order valence-corrected chi connectivity index (χ4v) is 3.43. The van der Waals surface area contributed by atoms with Gasteiger partial charge in [-0.2, -0.15) is 5.10 Å². The molecule has 2 aliphatic rings. The van der Waals surface area contributed by atoms with Crippen molar-refractivity contribution in [3.05, 3.63) is 11.9 Å². The van der Waals surface area contributed by atoms with Crippen LogP contribution in [0.3, 0.4) is 0 Å². The second-order valence-electron chi connectivity index (χ2n) is 8.93. The molecule has 1 fully saturated rings. The van der Waals surface area contributed by atoms with Crippen molar-refractivity contribution in [1.82, 2.24) is 14.7 Å². The summed E-state index contributed by atoms with van der Waals surface area (Å²) >= 11 is 0. The Kier molecular flexibility index (Phi) is 4.29. The minimum Gasteiger partial charge on any atom is -0.444 e. The number of ether oxygens (including phenoxy) is 1. The van der Waals surface area contributed by atoms with Gasteiger partial charge in [-0.1, -0.05) is 13.8 Å². The summed E-state index contributed by atoms with van der Waals surface area (Å²) < 4.78 is 7.34. The summed E-state index contributed by atoms with van der Waals surface area (Å²) in [5.41, 5.74) is 0.335. The predicted molar refractivity (Wildman–Crippen MR) is 95.6 cm³/mol. The van der Waals surface area contributed by atoms with E-state index in [0.29, 0.717) is 25.3 Å². The molecule has 2 atom stereocenters. The topological polar surface area (TPSA) is 87.9 Å². The Morgan fingerprint density at radius 1 is 1.38 bits per heavy atom. The summed E-state index contributed by atoms with van der Waals surface area (Å²) in [7, 11) is 0. The number of amides is 2. The van der Waals surface area contributed by atoms with Gasteiger partial charge in [0.25, 0.3) is 5.91 Å². The van der Waals surface area contributed by atoms with Gasteiger partial charge in [-0.05, 0) is 27.7 Å². The van der Waals surface area contributed by atoms with E-state index in [1.54, 1.807) is 16.0 Å². The fourth-order valence-electron chi connectivity index (χ4n) is 3.43. The molecule has 1 aromatic heterocycles. The smallest absolute Gasteiger partial charge is 0.410 e. The molecular weight excluding hydrogens is 336 g/mol. The van der Waals surface area contributed by atoms with Crippen molar-refractivity contribution in [1.29, 1.82) is 0 Å². The van der Waals surface area contributed by atoms with Crippen LogP contribution >= 0.6 is 0 Å². The Hall–Kier alpha value is -2.09. The van der Waals surface area contributed by atoms with E-state index in [-0.39, 0.29) is 18.0 Å². The van der Waals surface area contributed by atoms with Crippen molar-refractivity contribution in [2.45, 2.75) is 72.4 Å². The first-order valence-electron chi connectivity index (χ1n) is 8.94. The number of fused-ring (bicyclic) bond motifs is 1. The number of anilines is 1. The lowest BCUT2D eigenvalue weighted by Crippen LogP contribution is -2.47. The Morgan fingerprint density at radius 2 is 2.04 bits per heavy atom. The van der Waals surface area contributed by atoms with E-state index in [2.05, 4.69) is 5.10 Å². The first kappa shape index (κ1) is 18.7. The summed E-state index contributed by atoms with van der Waals surface area (Å²) in [6.45, 7) is 12.4. The number of nitrogens with zero attached hydrogens (tertiary/aromatic N) is 4. The standard InChI is InChI=1S/C18H28N4O4/c1-11-8-22-13(9-20(11)16(25)26-17(2,3)4)12(7-19-22)21-10-18(5,6)14(23)15(21)24/h7,11,14,23H,8-10H2,1-6H3. The highest BCUT2D eigenvalue weighted by Gasteiger charge is 2.47. The molecule has 8 nitrogen and oxygen atoms in total. The lowest BCUT2D eigenvalue weighted by atomic mass is 9.90. The molecule has 0 spiro atoms. The minimum absolute atomic E-state index is 0.0681. The molecule has 2 aliphatic heterocycles. The average molecular weight is 364 g/mol. The minimum atomic E-state index is -1.04. The summed E-state index contributed by atoms with van der Waals surface area (Å²) in [6, 6.07) is -0.0681. The highest BCUT2D eigenvalue weighted by Crippen LogP contribution is 2.37. The van der Waals surface area contributed by atoms with Gasteiger partial charge in [0.05, 0.1) is 36.7 Å². The van der Waals surface area contributed by atoms with Crippen LogP contribution in [-0.4, -0.2) is 56.1 Å². The Balaban J connectivity index is 1.88. The quantitative estimate of drug-likeness (QED) is 0.820. The van der Waals surface area contributed by atoms with Crippen LogP contribution in [0, 0.1) is 5.41 Å². The van der Waals surface area contributed by atoms with Crippen LogP contribution in [0.5, 0.6) is 0 Å². The molecule has 1 aromatic rings. The summed E-state index contributed by atoms with van der Waals surface area (Å²) in [5.74, 6) is -0.326. The average Bonchev–Trinajstić information content (AvgIpc) is 2.98. The number of hydrogen-bond donors (Lipinski definition) is 1. The first-order chi connectivity index (χ1) is 11.9. The third-order valence-electron chi connectivity index (χ3n) is 4.94. The van der Waals surface area contributed by atoms with Crippen LogP contribution in [0.15, 0.2) is 6.20 Å². The third-order valence-corrected chi connectivity index (χ3v) is 4.94. The summed E-state index contributed by atoms with van der Waals surface area (Å²) in [4.78, 5) is 28.3. The molecule has 0 radical (unpaired) electrons. The highest BCUT2D eigenvalue weighted by atomic mass is 16.6. The van der Waals surface area contributed by atoms with Crippen molar-refractivity contribution in [3.63, 3.8) is 0 Å². The zero-order chi connectivity index (χ0) is 19.4. The van der Waals surface area contributed by atoms with Gasteiger partial charge in [-0.3, -0.25) is 14.4 Å². The summed E-state index contributed by atoms with van der Waals surface area (Å²) in [5, 5.41) is 14.6. The van der Waals surface area contributed by atoms with Crippen LogP contribution in [0.25, 0.3) is 0 Å². The van der Waals surface area contributed by atoms with Crippen molar-refractivity contribution in [2.24, 2.45) is 5.41 Å². The molecule has 0 aliphatic carbocycles. The maximum Gasteiger partial charge on any atom is 0.410 e. The molecule has 1 saturated heterocycles. The van der Waals surface area contributed by atoms with Crippen molar-refractivity contribution < 1.29 is 19.4 Å². The molecule has 26 heavy (non-hydrogen) atoms. The fraction of sp³-hybridized carbons (Fsp3) is 0.722. The van der Waals surface area contributed by atoms with Gasteiger partial charge in [0.2, 0.25) is 0 Å². The molecule has 2 amide bonds. The zero-order valence-electron chi connectivity index (χ0n) is 16.3. The second kappa shape index (κ2) is 5.97. The SMILES string of the molecule is CC1Cn2ncc(N3CC(C)(C)C(O)C3=O)c2CN1C(=O)OC(C)(C)C. The van der Waals surface area contributed by atoms with E-state index in [0.717, 1.165) is 5.69 Å². The van der Waals surface area contributed by atoms with Crippen LogP contribution in [-0.2, 0) is 22.6 Å². The number of aliphatic hydroxyl groups excluding tert-OH is 1. The lowest BCUT2D eigenvalue weighted by Gasteiger charge is -2.36. The van der Waals surface area contributed by atoms with Crippen molar-refractivity contribution >= 4 is 17.7 Å². The molecule has 0 aromatic carbocycles. The lowest BCUT2D eigenvalue weighted by molar-refractivity contribution is -0.126. The van der Waals surface area contributed by atoms with E-state index in [1.165, 1.54) is 0 Å². The molecule has 2 unspecified atom stereocenters. The Morgan fingerprint density at radius 3 is 2.58 bits per heavy atom. The van der Waals surface area contributed by atoms with Gasteiger partial charge < -0.3 is 14.7 Å². The molecule has 3 heterocycles. The van der Waals surface area contributed by atoms with E-state index in [9.17, 15) is 14.7 Å². The molecule has 3 rings (SSSR count). The molecule has 0 bridgehead atoms. The van der Waals surface area contributed by atoms with Gasteiger partial charge >= 0.3 is 6.09 Å². The Bertz CT molecular complexity index is 734. The normalized spacial score (nSPS) is 25.4. The molecule has 1 N–H and O–H groups in total. The van der Waals surface area contributed by atoms with Crippen LogP contribution < -0.4 is 4.90 Å². The zero-order valence-corrected chi connectivity index (χ0v) is 16.3. The van der Waals surface area contributed by atoms with Crippen LogP contribution in [0.1, 0.15) is 47.2 Å². The maximum absolute atomic E-state index is 12.6. The summed E-state index contributed by atoms with van der Waals surface area (Å²) in [6.07, 6.45) is 0.228. The Labute approximate surface area is 153 Å². The van der Waals surface area contributed by atoms with E-state index in [1.807, 2.05) is 46.2 Å². The number of carbonyl (C=O) groups excluding carboxylic acids is 2. The number of hydrogen-bond acceptors (Lipinski definition) is 5. The maximum atomic E-state index is 12.6. The van der Waals surface area contributed by atoms with Gasteiger partial charge in [-0.15, -0.1) is 0 Å².